The van der Waals surface area contributed by atoms with Crippen molar-refractivity contribution in [1.82, 2.24) is 5.32 Å². The lowest BCUT2D eigenvalue weighted by Gasteiger charge is -2.16. The third-order valence-corrected chi connectivity index (χ3v) is 3.60. The summed E-state index contributed by atoms with van der Waals surface area (Å²) in [4.78, 5) is 12.4. The second-order valence-corrected chi connectivity index (χ2v) is 5.30. The van der Waals surface area contributed by atoms with Crippen LogP contribution >= 0.6 is 0 Å². The van der Waals surface area contributed by atoms with E-state index in [9.17, 15) is 4.79 Å². The SMILES string of the molecule is Cc1ccc(C(C)NC(=O)c2ccccc2CCN)cc1. The molecule has 0 saturated carbocycles. The van der Waals surface area contributed by atoms with Crippen LogP contribution in [0.25, 0.3) is 0 Å². The third kappa shape index (κ3) is 3.92. The number of carbonyl (C=O) groups is 1. The third-order valence-electron chi connectivity index (χ3n) is 3.60. The fourth-order valence-electron chi connectivity index (χ4n) is 2.33. The summed E-state index contributed by atoms with van der Waals surface area (Å²) in [6, 6.07) is 15.8. The molecule has 110 valence electrons. The van der Waals surface area contributed by atoms with Gasteiger partial charge in [0.15, 0.2) is 0 Å². The Kier molecular flexibility index (Phi) is 5.12. The van der Waals surface area contributed by atoms with Crippen LogP contribution in [0, 0.1) is 6.92 Å². The molecule has 0 aliphatic carbocycles. The van der Waals surface area contributed by atoms with Crippen molar-refractivity contribution in [2.24, 2.45) is 5.73 Å². The lowest BCUT2D eigenvalue weighted by Crippen LogP contribution is -2.27. The van der Waals surface area contributed by atoms with Gasteiger partial charge in [0.2, 0.25) is 0 Å². The molecule has 0 spiro atoms. The molecule has 21 heavy (non-hydrogen) atoms. The molecule has 3 N–H and O–H groups in total. The van der Waals surface area contributed by atoms with Crippen molar-refractivity contribution in [1.29, 1.82) is 0 Å². The molecule has 0 aliphatic rings. The molecule has 3 heteroatoms. The monoisotopic (exact) mass is 282 g/mol. The summed E-state index contributed by atoms with van der Waals surface area (Å²) >= 11 is 0. The van der Waals surface area contributed by atoms with E-state index in [0.717, 1.165) is 11.1 Å². The van der Waals surface area contributed by atoms with Crippen LogP contribution in [0.15, 0.2) is 48.5 Å². The van der Waals surface area contributed by atoms with Gasteiger partial charge in [-0.2, -0.15) is 0 Å². The number of carbonyl (C=O) groups excluding carboxylic acids is 1. The predicted molar refractivity (Wildman–Crippen MR) is 86.3 cm³/mol. The first kappa shape index (κ1) is 15.3. The maximum absolute atomic E-state index is 12.4. The van der Waals surface area contributed by atoms with Crippen LogP contribution in [0.1, 0.15) is 40.0 Å². The van der Waals surface area contributed by atoms with Gasteiger partial charge >= 0.3 is 0 Å². The molecule has 0 saturated heterocycles. The Morgan fingerprint density at radius 3 is 2.48 bits per heavy atom. The van der Waals surface area contributed by atoms with Crippen LogP contribution < -0.4 is 11.1 Å². The average molecular weight is 282 g/mol. The Balaban J connectivity index is 2.12. The highest BCUT2D eigenvalue weighted by Crippen LogP contribution is 2.15. The zero-order valence-corrected chi connectivity index (χ0v) is 12.6. The number of nitrogens with one attached hydrogen (secondary N) is 1. The molecule has 0 aromatic heterocycles. The summed E-state index contributed by atoms with van der Waals surface area (Å²) in [6.45, 7) is 4.59. The maximum atomic E-state index is 12.4. The van der Waals surface area contributed by atoms with Crippen LogP contribution in [0.4, 0.5) is 0 Å². The van der Waals surface area contributed by atoms with E-state index < -0.39 is 0 Å². The van der Waals surface area contributed by atoms with Gasteiger partial charge in [0.05, 0.1) is 6.04 Å². The second kappa shape index (κ2) is 7.04. The van der Waals surface area contributed by atoms with Gasteiger partial charge in [-0.05, 0) is 44.0 Å². The summed E-state index contributed by atoms with van der Waals surface area (Å²) in [5.74, 6) is -0.0490. The van der Waals surface area contributed by atoms with Crippen LogP contribution in [0.2, 0.25) is 0 Å². The number of rotatable bonds is 5. The van der Waals surface area contributed by atoms with Gasteiger partial charge in [0.1, 0.15) is 0 Å². The Labute approximate surface area is 126 Å². The Morgan fingerprint density at radius 1 is 1.14 bits per heavy atom. The summed E-state index contributed by atoms with van der Waals surface area (Å²) in [6.07, 6.45) is 0.711. The van der Waals surface area contributed by atoms with Gasteiger partial charge in [0, 0.05) is 5.56 Å². The Bertz CT molecular complexity index is 605. The van der Waals surface area contributed by atoms with Gasteiger partial charge in [-0.3, -0.25) is 4.79 Å². The maximum Gasteiger partial charge on any atom is 0.252 e. The molecule has 2 aromatic rings. The van der Waals surface area contributed by atoms with Gasteiger partial charge < -0.3 is 11.1 Å². The molecule has 0 radical (unpaired) electrons. The quantitative estimate of drug-likeness (QED) is 0.885. The average Bonchev–Trinajstić information content (AvgIpc) is 2.48. The van der Waals surface area contributed by atoms with Crippen molar-refractivity contribution in [2.75, 3.05) is 6.54 Å². The normalized spacial score (nSPS) is 12.0. The lowest BCUT2D eigenvalue weighted by molar-refractivity contribution is 0.0939. The highest BCUT2D eigenvalue weighted by molar-refractivity contribution is 5.95. The number of aryl methyl sites for hydroxylation is 1. The fourth-order valence-corrected chi connectivity index (χ4v) is 2.33. The Hall–Kier alpha value is -2.13. The van der Waals surface area contributed by atoms with E-state index in [1.807, 2.05) is 43.3 Å². The van der Waals surface area contributed by atoms with Gasteiger partial charge in [-0.1, -0.05) is 48.0 Å². The van der Waals surface area contributed by atoms with E-state index in [4.69, 9.17) is 5.73 Å². The van der Waals surface area contributed by atoms with Crippen molar-refractivity contribution in [2.45, 2.75) is 26.3 Å². The van der Waals surface area contributed by atoms with Gasteiger partial charge in [0.25, 0.3) is 5.91 Å². The number of benzene rings is 2. The van der Waals surface area contributed by atoms with Crippen molar-refractivity contribution < 1.29 is 4.79 Å². The molecule has 2 rings (SSSR count). The molecule has 0 heterocycles. The molecule has 1 atom stereocenters. The molecule has 3 nitrogen and oxygen atoms in total. The minimum atomic E-state index is -0.0490. The van der Waals surface area contributed by atoms with E-state index in [-0.39, 0.29) is 11.9 Å². The van der Waals surface area contributed by atoms with Gasteiger partial charge in [-0.15, -0.1) is 0 Å². The fraction of sp³-hybridized carbons (Fsp3) is 0.278. The minimum Gasteiger partial charge on any atom is -0.346 e. The topological polar surface area (TPSA) is 55.1 Å². The standard InChI is InChI=1S/C18H22N2O/c1-13-7-9-15(10-8-13)14(2)20-18(21)17-6-4-3-5-16(17)11-12-19/h3-10,14H,11-12,19H2,1-2H3,(H,20,21). The first-order valence-electron chi connectivity index (χ1n) is 7.27. The van der Waals surface area contributed by atoms with Crippen molar-refractivity contribution >= 4 is 5.91 Å². The lowest BCUT2D eigenvalue weighted by atomic mass is 10.0. The first-order chi connectivity index (χ1) is 10.1. The van der Waals surface area contributed by atoms with E-state index >= 15 is 0 Å². The number of hydrogen-bond acceptors (Lipinski definition) is 2. The molecule has 0 fully saturated rings. The molecule has 0 bridgehead atoms. The molecule has 1 unspecified atom stereocenters. The van der Waals surface area contributed by atoms with E-state index in [1.54, 1.807) is 0 Å². The van der Waals surface area contributed by atoms with E-state index in [0.29, 0.717) is 18.5 Å². The van der Waals surface area contributed by atoms with Gasteiger partial charge in [-0.25, -0.2) is 0 Å². The first-order valence-corrected chi connectivity index (χ1v) is 7.27. The highest BCUT2D eigenvalue weighted by Gasteiger charge is 2.14. The Morgan fingerprint density at radius 2 is 1.81 bits per heavy atom. The van der Waals surface area contributed by atoms with Crippen molar-refractivity contribution in [3.63, 3.8) is 0 Å². The largest absolute Gasteiger partial charge is 0.346 e. The second-order valence-electron chi connectivity index (χ2n) is 5.30. The molecule has 0 aliphatic heterocycles. The van der Waals surface area contributed by atoms with Crippen LogP contribution in [-0.4, -0.2) is 12.5 Å². The molecular weight excluding hydrogens is 260 g/mol. The van der Waals surface area contributed by atoms with Crippen molar-refractivity contribution in [3.8, 4) is 0 Å². The zero-order chi connectivity index (χ0) is 15.2. The molecule has 2 aromatic carbocycles. The zero-order valence-electron chi connectivity index (χ0n) is 12.6. The smallest absolute Gasteiger partial charge is 0.252 e. The molecular formula is C18H22N2O. The van der Waals surface area contributed by atoms with Crippen LogP contribution in [0.3, 0.4) is 0 Å². The summed E-state index contributed by atoms with van der Waals surface area (Å²) < 4.78 is 0. The number of amides is 1. The number of hydrogen-bond donors (Lipinski definition) is 2. The minimum absolute atomic E-state index is 0.0240. The highest BCUT2D eigenvalue weighted by atomic mass is 16.1. The predicted octanol–water partition coefficient (Wildman–Crippen LogP) is 2.99. The summed E-state index contributed by atoms with van der Waals surface area (Å²) in [7, 11) is 0. The van der Waals surface area contributed by atoms with E-state index in [1.165, 1.54) is 5.56 Å². The van der Waals surface area contributed by atoms with Crippen molar-refractivity contribution in [3.05, 3.63) is 70.8 Å². The van der Waals surface area contributed by atoms with Crippen LogP contribution in [0.5, 0.6) is 0 Å². The van der Waals surface area contributed by atoms with E-state index in [2.05, 4.69) is 24.4 Å². The number of nitrogens with two attached hydrogens (primary N) is 1. The summed E-state index contributed by atoms with van der Waals surface area (Å²) in [5, 5.41) is 3.05. The summed E-state index contributed by atoms with van der Waals surface area (Å²) in [5.41, 5.74) is 9.62. The molecule has 1 amide bonds. The van der Waals surface area contributed by atoms with Crippen LogP contribution in [-0.2, 0) is 6.42 Å².